The van der Waals surface area contributed by atoms with Gasteiger partial charge in [0.2, 0.25) is 5.91 Å². The van der Waals surface area contributed by atoms with Crippen molar-refractivity contribution in [3.63, 3.8) is 0 Å². The maximum Gasteiger partial charge on any atom is 0.234 e. The molecule has 1 heterocycles. The lowest BCUT2D eigenvalue weighted by atomic mass is 9.89. The zero-order valence-electron chi connectivity index (χ0n) is 15.7. The van der Waals surface area contributed by atoms with Crippen LogP contribution in [0, 0.1) is 0 Å². The highest BCUT2D eigenvalue weighted by Crippen LogP contribution is 2.33. The maximum atomic E-state index is 12.3. The van der Waals surface area contributed by atoms with Gasteiger partial charge in [0.15, 0.2) is 5.16 Å². The average Bonchev–Trinajstić information content (AvgIpc) is 3.10. The number of anilines is 1. The summed E-state index contributed by atoms with van der Waals surface area (Å²) in [5.41, 5.74) is 0.747. The van der Waals surface area contributed by atoms with Crippen molar-refractivity contribution in [3.05, 3.63) is 42.7 Å². The molecule has 1 saturated carbocycles. The number of amides is 1. The van der Waals surface area contributed by atoms with E-state index < -0.39 is 0 Å². The molecule has 0 atom stereocenters. The van der Waals surface area contributed by atoms with E-state index in [1.807, 2.05) is 30.3 Å². The zero-order chi connectivity index (χ0) is 19.1. The Kier molecular flexibility index (Phi) is 6.92. The largest absolute Gasteiger partial charge is 0.497 e. The zero-order valence-corrected chi connectivity index (χ0v) is 16.5. The molecule has 144 valence electrons. The molecule has 1 aliphatic carbocycles. The summed E-state index contributed by atoms with van der Waals surface area (Å²) in [5, 5.41) is 12.5. The van der Waals surface area contributed by atoms with Gasteiger partial charge in [0.25, 0.3) is 0 Å². The first-order valence-electron chi connectivity index (χ1n) is 9.32. The Bertz CT molecular complexity index is 767. The second kappa shape index (κ2) is 9.60. The van der Waals surface area contributed by atoms with Gasteiger partial charge in [-0.2, -0.15) is 0 Å². The van der Waals surface area contributed by atoms with Gasteiger partial charge >= 0.3 is 0 Å². The van der Waals surface area contributed by atoms with E-state index in [0.29, 0.717) is 12.5 Å². The SMILES string of the molecule is C=CCn1c(SCC(=O)Nc2ccc(OC)cc2)nnc1C1CCCCC1. The number of nitrogens with one attached hydrogen (secondary N) is 1. The monoisotopic (exact) mass is 386 g/mol. The van der Waals surface area contributed by atoms with Crippen molar-refractivity contribution in [2.75, 3.05) is 18.2 Å². The van der Waals surface area contributed by atoms with Crippen LogP contribution in [0.25, 0.3) is 0 Å². The Morgan fingerprint density at radius 3 is 2.70 bits per heavy atom. The highest BCUT2D eigenvalue weighted by atomic mass is 32.2. The van der Waals surface area contributed by atoms with Crippen LogP contribution in [0.2, 0.25) is 0 Å². The van der Waals surface area contributed by atoms with Crippen molar-refractivity contribution in [1.29, 1.82) is 0 Å². The predicted octanol–water partition coefficient (Wildman–Crippen LogP) is 4.25. The predicted molar refractivity (Wildman–Crippen MR) is 108 cm³/mol. The van der Waals surface area contributed by atoms with Gasteiger partial charge in [0.05, 0.1) is 12.9 Å². The molecule has 0 bridgehead atoms. The molecule has 0 aliphatic heterocycles. The molecule has 0 spiro atoms. The maximum absolute atomic E-state index is 12.3. The fraction of sp³-hybridized carbons (Fsp3) is 0.450. The van der Waals surface area contributed by atoms with E-state index >= 15 is 0 Å². The number of thioether (sulfide) groups is 1. The summed E-state index contributed by atoms with van der Waals surface area (Å²) in [4.78, 5) is 12.3. The van der Waals surface area contributed by atoms with E-state index in [0.717, 1.165) is 35.3 Å². The summed E-state index contributed by atoms with van der Waals surface area (Å²) < 4.78 is 7.23. The van der Waals surface area contributed by atoms with Crippen LogP contribution in [0.15, 0.2) is 42.1 Å². The van der Waals surface area contributed by atoms with E-state index in [-0.39, 0.29) is 11.7 Å². The van der Waals surface area contributed by atoms with E-state index in [4.69, 9.17) is 4.74 Å². The van der Waals surface area contributed by atoms with Crippen LogP contribution in [0.1, 0.15) is 43.8 Å². The topological polar surface area (TPSA) is 69.0 Å². The Hall–Kier alpha value is -2.28. The summed E-state index contributed by atoms with van der Waals surface area (Å²) in [7, 11) is 1.62. The number of aromatic nitrogens is 3. The smallest absolute Gasteiger partial charge is 0.234 e. The van der Waals surface area contributed by atoms with Gasteiger partial charge in [-0.3, -0.25) is 4.79 Å². The first-order chi connectivity index (χ1) is 13.2. The molecule has 0 unspecified atom stereocenters. The Balaban J connectivity index is 1.61. The highest BCUT2D eigenvalue weighted by Gasteiger charge is 2.23. The first kappa shape index (κ1) is 19.5. The van der Waals surface area contributed by atoms with Gasteiger partial charge in [0, 0.05) is 18.2 Å². The van der Waals surface area contributed by atoms with Crippen LogP contribution in [0.5, 0.6) is 5.75 Å². The van der Waals surface area contributed by atoms with Crippen LogP contribution in [-0.4, -0.2) is 33.5 Å². The van der Waals surface area contributed by atoms with Crippen molar-refractivity contribution in [2.24, 2.45) is 0 Å². The van der Waals surface area contributed by atoms with Crippen LogP contribution in [0.4, 0.5) is 5.69 Å². The molecule has 1 N–H and O–H groups in total. The van der Waals surface area contributed by atoms with Gasteiger partial charge in [-0.25, -0.2) is 0 Å². The van der Waals surface area contributed by atoms with Crippen molar-refractivity contribution in [2.45, 2.75) is 49.7 Å². The van der Waals surface area contributed by atoms with Gasteiger partial charge in [-0.15, -0.1) is 16.8 Å². The molecule has 6 nitrogen and oxygen atoms in total. The van der Waals surface area contributed by atoms with Crippen molar-refractivity contribution < 1.29 is 9.53 Å². The summed E-state index contributed by atoms with van der Waals surface area (Å²) in [6, 6.07) is 7.28. The lowest BCUT2D eigenvalue weighted by Crippen LogP contribution is -2.15. The lowest BCUT2D eigenvalue weighted by molar-refractivity contribution is -0.113. The van der Waals surface area contributed by atoms with Crippen LogP contribution in [-0.2, 0) is 11.3 Å². The number of carbonyl (C=O) groups is 1. The molecule has 1 aliphatic rings. The molecule has 1 aromatic carbocycles. The molecule has 1 amide bonds. The lowest BCUT2D eigenvalue weighted by Gasteiger charge is -2.21. The summed E-state index contributed by atoms with van der Waals surface area (Å²) in [6.45, 7) is 4.52. The van der Waals surface area contributed by atoms with Gasteiger partial charge in [0.1, 0.15) is 11.6 Å². The molecule has 27 heavy (non-hydrogen) atoms. The molecule has 0 radical (unpaired) electrons. The van der Waals surface area contributed by atoms with E-state index in [9.17, 15) is 4.79 Å². The Morgan fingerprint density at radius 2 is 2.04 bits per heavy atom. The number of hydrogen-bond acceptors (Lipinski definition) is 5. The second-order valence-corrected chi connectivity index (χ2v) is 7.58. The second-order valence-electron chi connectivity index (χ2n) is 6.64. The molecule has 2 aromatic rings. The number of rotatable bonds is 8. The van der Waals surface area contributed by atoms with E-state index in [2.05, 4.69) is 26.7 Å². The number of allylic oxidation sites excluding steroid dienone is 1. The number of benzene rings is 1. The minimum atomic E-state index is -0.0717. The fourth-order valence-corrected chi connectivity index (χ4v) is 4.13. The Labute approximate surface area is 164 Å². The standard InChI is InChI=1S/C20H26N4O2S/c1-3-13-24-19(15-7-5-4-6-8-15)22-23-20(24)27-14-18(25)21-16-9-11-17(26-2)12-10-16/h3,9-12,15H,1,4-8,13-14H2,2H3,(H,21,25). The number of ether oxygens (including phenoxy) is 1. The minimum Gasteiger partial charge on any atom is -0.497 e. The third kappa shape index (κ3) is 5.13. The van der Waals surface area contributed by atoms with Gasteiger partial charge in [-0.05, 0) is 37.1 Å². The molecule has 3 rings (SSSR count). The minimum absolute atomic E-state index is 0.0717. The number of nitrogens with zero attached hydrogens (tertiary/aromatic N) is 3. The molecule has 1 aromatic heterocycles. The van der Waals surface area contributed by atoms with E-state index in [1.54, 1.807) is 7.11 Å². The van der Waals surface area contributed by atoms with Crippen LogP contribution in [0.3, 0.4) is 0 Å². The average molecular weight is 387 g/mol. The molecular weight excluding hydrogens is 360 g/mol. The molecule has 1 fully saturated rings. The third-order valence-corrected chi connectivity index (χ3v) is 5.70. The van der Waals surface area contributed by atoms with E-state index in [1.165, 1.54) is 31.0 Å². The van der Waals surface area contributed by atoms with Crippen molar-refractivity contribution >= 4 is 23.4 Å². The number of carbonyl (C=O) groups excluding carboxylic acids is 1. The highest BCUT2D eigenvalue weighted by molar-refractivity contribution is 7.99. The Morgan fingerprint density at radius 1 is 1.30 bits per heavy atom. The molecule has 7 heteroatoms. The van der Waals surface area contributed by atoms with Crippen LogP contribution < -0.4 is 10.1 Å². The van der Waals surface area contributed by atoms with Gasteiger partial charge in [-0.1, -0.05) is 37.1 Å². The first-order valence-corrected chi connectivity index (χ1v) is 10.3. The van der Waals surface area contributed by atoms with Crippen LogP contribution >= 0.6 is 11.8 Å². The number of hydrogen-bond donors (Lipinski definition) is 1. The fourth-order valence-electron chi connectivity index (χ4n) is 3.37. The molecule has 0 saturated heterocycles. The van der Waals surface area contributed by atoms with Crippen molar-refractivity contribution in [1.82, 2.24) is 14.8 Å². The molecular formula is C20H26N4O2S. The third-order valence-electron chi connectivity index (χ3n) is 4.73. The quantitative estimate of drug-likeness (QED) is 0.542. The van der Waals surface area contributed by atoms with Gasteiger partial charge < -0.3 is 14.6 Å². The van der Waals surface area contributed by atoms with Crippen molar-refractivity contribution in [3.8, 4) is 5.75 Å². The summed E-state index contributed by atoms with van der Waals surface area (Å²) >= 11 is 1.41. The normalized spacial score (nSPS) is 14.7. The number of methoxy groups -OCH3 is 1. The summed E-state index contributed by atoms with van der Waals surface area (Å²) in [6.07, 6.45) is 7.99. The summed E-state index contributed by atoms with van der Waals surface area (Å²) in [5.74, 6) is 2.47.